The van der Waals surface area contributed by atoms with Gasteiger partial charge in [0.1, 0.15) is 5.82 Å². The normalized spacial score (nSPS) is 15.1. The van der Waals surface area contributed by atoms with Gasteiger partial charge in [0.15, 0.2) is 0 Å². The molecule has 1 atom stereocenters. The van der Waals surface area contributed by atoms with Gasteiger partial charge in [-0.25, -0.2) is 9.78 Å². The third kappa shape index (κ3) is 4.94. The van der Waals surface area contributed by atoms with Gasteiger partial charge in [0.05, 0.1) is 18.4 Å². The highest BCUT2D eigenvalue weighted by Crippen LogP contribution is 2.24. The Bertz CT molecular complexity index is 864. The molecule has 2 amide bonds. The van der Waals surface area contributed by atoms with E-state index in [2.05, 4.69) is 15.3 Å². The van der Waals surface area contributed by atoms with Crippen molar-refractivity contribution in [3.05, 3.63) is 59.1 Å². The summed E-state index contributed by atoms with van der Waals surface area (Å²) >= 11 is 0. The quantitative estimate of drug-likeness (QED) is 0.737. The van der Waals surface area contributed by atoms with E-state index in [1.165, 1.54) is 0 Å². The average Bonchev–Trinajstić information content (AvgIpc) is 2.70. The number of hydrogen-bond donors (Lipinski definition) is 3. The number of anilines is 1. The second kappa shape index (κ2) is 8.95. The molecule has 3 rings (SSSR count). The SMILES string of the molecule is Cc1ccc(NC(=O)N2CC=C(c3ncc(C[C@@H](O)CO)cc3C)CC2)nc1. The maximum absolute atomic E-state index is 12.4. The fourth-order valence-electron chi connectivity index (χ4n) is 3.22. The first-order chi connectivity index (χ1) is 13.5. The fraction of sp³-hybridized carbons (Fsp3) is 0.381. The van der Waals surface area contributed by atoms with Crippen molar-refractivity contribution in [2.45, 2.75) is 32.8 Å². The van der Waals surface area contributed by atoms with Gasteiger partial charge in [-0.3, -0.25) is 10.3 Å². The molecular weight excluding hydrogens is 356 g/mol. The van der Waals surface area contributed by atoms with E-state index < -0.39 is 6.10 Å². The summed E-state index contributed by atoms with van der Waals surface area (Å²) in [4.78, 5) is 22.9. The number of hydrogen-bond acceptors (Lipinski definition) is 5. The minimum atomic E-state index is -0.768. The van der Waals surface area contributed by atoms with Crippen LogP contribution in [0.5, 0.6) is 0 Å². The van der Waals surface area contributed by atoms with Crippen LogP contribution in [0.3, 0.4) is 0 Å². The zero-order chi connectivity index (χ0) is 20.1. The van der Waals surface area contributed by atoms with Crippen LogP contribution in [-0.4, -0.2) is 56.9 Å². The molecule has 3 N–H and O–H groups in total. The predicted molar refractivity (Wildman–Crippen MR) is 108 cm³/mol. The number of rotatable bonds is 5. The van der Waals surface area contributed by atoms with Gasteiger partial charge in [0.2, 0.25) is 0 Å². The third-order valence-corrected chi connectivity index (χ3v) is 4.76. The van der Waals surface area contributed by atoms with Gasteiger partial charge in [-0.15, -0.1) is 0 Å². The molecule has 0 aliphatic carbocycles. The zero-order valence-electron chi connectivity index (χ0n) is 16.2. The van der Waals surface area contributed by atoms with E-state index >= 15 is 0 Å². The molecule has 7 heteroatoms. The summed E-state index contributed by atoms with van der Waals surface area (Å²) in [5, 5.41) is 21.4. The number of urea groups is 1. The van der Waals surface area contributed by atoms with Crippen molar-refractivity contribution in [2.75, 3.05) is 25.0 Å². The summed E-state index contributed by atoms with van der Waals surface area (Å²) in [7, 11) is 0. The molecule has 148 valence electrons. The first-order valence-corrected chi connectivity index (χ1v) is 9.38. The number of aliphatic hydroxyl groups is 2. The predicted octanol–water partition coefficient (Wildman–Crippen LogP) is 2.31. The monoisotopic (exact) mass is 382 g/mol. The highest BCUT2D eigenvalue weighted by Gasteiger charge is 2.20. The maximum Gasteiger partial charge on any atom is 0.323 e. The second-order valence-electron chi connectivity index (χ2n) is 7.13. The van der Waals surface area contributed by atoms with Crippen LogP contribution < -0.4 is 5.32 Å². The molecule has 1 aliphatic rings. The van der Waals surface area contributed by atoms with Gasteiger partial charge in [-0.05, 0) is 48.6 Å². The molecule has 0 fully saturated rings. The van der Waals surface area contributed by atoms with E-state index in [0.29, 0.717) is 25.3 Å². The number of carbonyl (C=O) groups excluding carboxylic acids is 1. The van der Waals surface area contributed by atoms with Gasteiger partial charge in [-0.1, -0.05) is 18.2 Å². The van der Waals surface area contributed by atoms with Gasteiger partial charge in [0, 0.05) is 31.9 Å². The van der Waals surface area contributed by atoms with Gasteiger partial charge in [0.25, 0.3) is 0 Å². The third-order valence-electron chi connectivity index (χ3n) is 4.76. The highest BCUT2D eigenvalue weighted by atomic mass is 16.3. The molecule has 7 nitrogen and oxygen atoms in total. The number of amides is 2. The summed E-state index contributed by atoms with van der Waals surface area (Å²) in [6, 6.07) is 5.53. The number of carbonyl (C=O) groups is 1. The van der Waals surface area contributed by atoms with E-state index in [0.717, 1.165) is 34.4 Å². The Hall–Kier alpha value is -2.77. The van der Waals surface area contributed by atoms with Crippen LogP contribution in [0.15, 0.2) is 36.7 Å². The van der Waals surface area contributed by atoms with E-state index in [4.69, 9.17) is 5.11 Å². The average molecular weight is 382 g/mol. The standard InChI is InChI=1S/C21H26N4O3/c1-14-3-4-19(22-11-14)24-21(28)25-7-5-17(6-8-25)20-15(2)9-16(12-23-20)10-18(27)13-26/h3-5,9,11-12,18,26-27H,6-8,10,13H2,1-2H3,(H,22,24,28)/t18-/m1/s1. The molecule has 2 aromatic rings. The van der Waals surface area contributed by atoms with E-state index in [9.17, 15) is 9.90 Å². The minimum absolute atomic E-state index is 0.162. The molecule has 0 bridgehead atoms. The first-order valence-electron chi connectivity index (χ1n) is 9.38. The maximum atomic E-state index is 12.4. The van der Waals surface area contributed by atoms with Crippen LogP contribution in [0, 0.1) is 13.8 Å². The molecule has 2 aromatic heterocycles. The molecule has 0 radical (unpaired) electrons. The summed E-state index contributed by atoms with van der Waals surface area (Å²) in [6.07, 6.45) is 5.83. The lowest BCUT2D eigenvalue weighted by molar-refractivity contribution is 0.0954. The van der Waals surface area contributed by atoms with Crippen LogP contribution >= 0.6 is 0 Å². The Morgan fingerprint density at radius 1 is 1.29 bits per heavy atom. The molecule has 0 saturated heterocycles. The Morgan fingerprint density at radius 2 is 2.11 bits per heavy atom. The molecule has 0 unspecified atom stereocenters. The minimum Gasteiger partial charge on any atom is -0.394 e. The summed E-state index contributed by atoms with van der Waals surface area (Å²) in [5.41, 5.74) is 5.00. The van der Waals surface area contributed by atoms with E-state index in [1.807, 2.05) is 32.1 Å². The Balaban J connectivity index is 1.63. The van der Waals surface area contributed by atoms with Gasteiger partial charge < -0.3 is 15.1 Å². The number of nitrogens with zero attached hydrogens (tertiary/aromatic N) is 3. The van der Waals surface area contributed by atoms with Crippen LogP contribution in [-0.2, 0) is 6.42 Å². The van der Waals surface area contributed by atoms with E-state index in [-0.39, 0.29) is 12.6 Å². The van der Waals surface area contributed by atoms with Crippen LogP contribution in [0.1, 0.15) is 28.8 Å². The van der Waals surface area contributed by atoms with Crippen molar-refractivity contribution in [1.82, 2.24) is 14.9 Å². The molecule has 3 heterocycles. The molecular formula is C21H26N4O3. The molecule has 1 aliphatic heterocycles. The van der Waals surface area contributed by atoms with Crippen molar-refractivity contribution < 1.29 is 15.0 Å². The van der Waals surface area contributed by atoms with Crippen molar-refractivity contribution in [3.8, 4) is 0 Å². The summed E-state index contributed by atoms with van der Waals surface area (Å²) < 4.78 is 0. The van der Waals surface area contributed by atoms with Crippen molar-refractivity contribution in [3.63, 3.8) is 0 Å². The first kappa shape index (κ1) is 20.0. The Labute approximate surface area is 164 Å². The molecule has 0 saturated carbocycles. The van der Waals surface area contributed by atoms with Crippen molar-refractivity contribution >= 4 is 17.4 Å². The largest absolute Gasteiger partial charge is 0.394 e. The lowest BCUT2D eigenvalue weighted by Crippen LogP contribution is -2.38. The van der Waals surface area contributed by atoms with Crippen LogP contribution in [0.2, 0.25) is 0 Å². The topological polar surface area (TPSA) is 98.6 Å². The number of aromatic nitrogens is 2. The number of nitrogens with one attached hydrogen (secondary N) is 1. The Morgan fingerprint density at radius 3 is 2.71 bits per heavy atom. The number of aliphatic hydroxyl groups excluding tert-OH is 2. The van der Waals surface area contributed by atoms with Gasteiger partial charge >= 0.3 is 6.03 Å². The second-order valence-corrected chi connectivity index (χ2v) is 7.13. The number of pyridine rings is 2. The molecule has 0 spiro atoms. The highest BCUT2D eigenvalue weighted by molar-refractivity contribution is 5.89. The Kier molecular flexibility index (Phi) is 6.38. The van der Waals surface area contributed by atoms with Crippen molar-refractivity contribution in [1.29, 1.82) is 0 Å². The van der Waals surface area contributed by atoms with E-state index in [1.54, 1.807) is 23.4 Å². The molecule has 0 aromatic carbocycles. The summed E-state index contributed by atoms with van der Waals surface area (Å²) in [5.74, 6) is 0.545. The zero-order valence-corrected chi connectivity index (χ0v) is 16.2. The van der Waals surface area contributed by atoms with Crippen LogP contribution in [0.25, 0.3) is 5.57 Å². The summed E-state index contributed by atoms with van der Waals surface area (Å²) in [6.45, 7) is 4.80. The van der Waals surface area contributed by atoms with Crippen LogP contribution in [0.4, 0.5) is 10.6 Å². The lowest BCUT2D eigenvalue weighted by atomic mass is 9.99. The lowest BCUT2D eigenvalue weighted by Gasteiger charge is -2.27. The van der Waals surface area contributed by atoms with Crippen molar-refractivity contribution in [2.24, 2.45) is 0 Å². The smallest absolute Gasteiger partial charge is 0.323 e. The van der Waals surface area contributed by atoms with Gasteiger partial charge in [-0.2, -0.15) is 0 Å². The number of aryl methyl sites for hydroxylation is 2. The fourth-order valence-corrected chi connectivity index (χ4v) is 3.22. The molecule has 28 heavy (non-hydrogen) atoms.